The molecule has 1 aromatic rings. The number of rotatable bonds is 6. The van der Waals surface area contributed by atoms with Crippen LogP contribution in [-0.4, -0.2) is 85.1 Å². The Morgan fingerprint density at radius 2 is 1.63 bits per heavy atom. The second kappa shape index (κ2) is 15.9. The summed E-state index contributed by atoms with van der Waals surface area (Å²) < 4.78 is 33.0. The second-order valence-electron chi connectivity index (χ2n) is 15.8. The number of aryl methyl sites for hydroxylation is 2. The Hall–Kier alpha value is -3.68. The summed E-state index contributed by atoms with van der Waals surface area (Å²) >= 11 is 0. The quantitative estimate of drug-likeness (QED) is 0.345. The van der Waals surface area contributed by atoms with Crippen LogP contribution in [-0.2, 0) is 46.8 Å². The van der Waals surface area contributed by atoms with Gasteiger partial charge >= 0.3 is 6.09 Å². The van der Waals surface area contributed by atoms with Crippen molar-refractivity contribution in [2.24, 2.45) is 11.3 Å². The number of amides is 5. The second-order valence-corrected chi connectivity index (χ2v) is 17.8. The third kappa shape index (κ3) is 9.61. The predicted octanol–water partition coefficient (Wildman–Crippen LogP) is 3.25. The van der Waals surface area contributed by atoms with E-state index in [1.54, 1.807) is 20.8 Å². The van der Waals surface area contributed by atoms with Crippen molar-refractivity contribution < 1.29 is 37.1 Å². The van der Waals surface area contributed by atoms with Crippen LogP contribution >= 0.6 is 0 Å². The molecule has 4 N–H and O–H groups in total. The minimum absolute atomic E-state index is 0.00895. The largest absolute Gasteiger partial charge is 0.450 e. The van der Waals surface area contributed by atoms with Crippen molar-refractivity contribution in [3.05, 3.63) is 35.4 Å². The number of fused-ring (bicyclic) bond motifs is 3. The maximum Gasteiger partial charge on any atom is 0.407 e. The average Bonchev–Trinajstić information content (AvgIpc) is 4.00. The topological polar surface area (TPSA) is 180 Å². The minimum atomic E-state index is -3.85. The van der Waals surface area contributed by atoms with E-state index < -0.39 is 68.2 Å². The highest BCUT2D eigenvalue weighted by molar-refractivity contribution is 7.91. The molecule has 51 heavy (non-hydrogen) atoms. The molecule has 0 radical (unpaired) electrons. The highest BCUT2D eigenvalue weighted by atomic mass is 32.2. The van der Waals surface area contributed by atoms with Crippen molar-refractivity contribution in [2.45, 2.75) is 140 Å². The number of carbonyl (C=O) groups is 5. The van der Waals surface area contributed by atoms with E-state index in [9.17, 15) is 32.4 Å². The first-order chi connectivity index (χ1) is 24.1. The van der Waals surface area contributed by atoms with Crippen LogP contribution in [0.25, 0.3) is 0 Å². The number of benzene rings is 1. The Bertz CT molecular complexity index is 1590. The minimum Gasteiger partial charge on any atom is -0.450 e. The summed E-state index contributed by atoms with van der Waals surface area (Å²) in [4.78, 5) is 69.6. The van der Waals surface area contributed by atoms with Gasteiger partial charge in [-0.2, -0.15) is 0 Å². The van der Waals surface area contributed by atoms with Crippen molar-refractivity contribution in [3.63, 3.8) is 0 Å². The Kier molecular flexibility index (Phi) is 12.0. The Balaban J connectivity index is 1.38. The Morgan fingerprint density at radius 3 is 2.27 bits per heavy atom. The van der Waals surface area contributed by atoms with Crippen LogP contribution in [0.5, 0.6) is 0 Å². The molecule has 0 unspecified atom stereocenters. The standard InChI is InChI=1S/C37H55N5O8S/c1-5-26-22-37(26,34(46)41-51(48,49)28-17-18-28)40-32(44)29-21-27-23-42(29)33(45)31(36(2,3)4)39-35(47)50-20-12-8-6-7-9-13-24-14-10-11-15-25(24)16-19-30(43)38-27/h10-11,14-15,26-29,31H,5-9,12-13,16-23H2,1-4H3,(H,38,43)(H,39,47)(H,40,44)(H,41,46)/t26-,27+,29-,31+,37+/m0/s1. The molecule has 2 bridgehead atoms. The van der Waals surface area contributed by atoms with Gasteiger partial charge in [0, 0.05) is 19.0 Å². The molecule has 1 aromatic carbocycles. The van der Waals surface area contributed by atoms with Gasteiger partial charge in [-0.3, -0.25) is 23.9 Å². The highest BCUT2D eigenvalue weighted by Crippen LogP contribution is 2.47. The Morgan fingerprint density at radius 1 is 0.961 bits per heavy atom. The molecule has 4 aliphatic rings. The van der Waals surface area contributed by atoms with Crippen LogP contribution in [0.4, 0.5) is 4.79 Å². The first-order valence-electron chi connectivity index (χ1n) is 18.6. The van der Waals surface area contributed by atoms with Crippen molar-refractivity contribution in [1.82, 2.24) is 25.6 Å². The first-order valence-corrected chi connectivity index (χ1v) is 20.2. The van der Waals surface area contributed by atoms with Gasteiger partial charge in [0.25, 0.3) is 5.91 Å². The molecule has 2 saturated carbocycles. The molecule has 5 amide bonds. The number of carbonyl (C=O) groups excluding carboxylic acids is 5. The molecule has 13 nitrogen and oxygen atoms in total. The number of alkyl carbamates (subject to hydrolysis) is 1. The van der Waals surface area contributed by atoms with Gasteiger partial charge < -0.3 is 25.6 Å². The molecule has 0 aromatic heterocycles. The SMILES string of the molecule is CC[C@H]1C[C@]1(NC(=O)[C@@H]1C[C@@H]2CN1C(=O)[C@H](C(C)(C)C)NC(=O)OCCCCCCCc1ccccc1CCC(=O)N2)C(=O)NS(=O)(=O)C1CC1. The maximum atomic E-state index is 14.4. The number of hydrogen-bond donors (Lipinski definition) is 4. The van der Waals surface area contributed by atoms with E-state index in [1.165, 1.54) is 10.5 Å². The monoisotopic (exact) mass is 729 g/mol. The molecule has 2 heterocycles. The molecule has 2 aliphatic heterocycles. The van der Waals surface area contributed by atoms with Gasteiger partial charge in [-0.25, -0.2) is 13.2 Å². The van der Waals surface area contributed by atoms with Crippen LogP contribution in [0.2, 0.25) is 0 Å². The van der Waals surface area contributed by atoms with Gasteiger partial charge in [0.2, 0.25) is 27.7 Å². The van der Waals surface area contributed by atoms with Gasteiger partial charge in [0.1, 0.15) is 17.6 Å². The van der Waals surface area contributed by atoms with E-state index in [-0.39, 0.29) is 44.2 Å². The van der Waals surface area contributed by atoms with E-state index in [4.69, 9.17) is 4.74 Å². The number of sulfonamides is 1. The summed E-state index contributed by atoms with van der Waals surface area (Å²) in [7, 11) is -3.85. The lowest BCUT2D eigenvalue weighted by molar-refractivity contribution is -0.142. The van der Waals surface area contributed by atoms with E-state index >= 15 is 0 Å². The zero-order valence-corrected chi connectivity index (χ0v) is 31.2. The molecular weight excluding hydrogens is 675 g/mol. The van der Waals surface area contributed by atoms with Crippen LogP contribution < -0.4 is 20.7 Å². The van der Waals surface area contributed by atoms with Crippen molar-refractivity contribution in [1.29, 1.82) is 0 Å². The number of nitrogens with one attached hydrogen (secondary N) is 4. The maximum absolute atomic E-state index is 14.4. The molecule has 2 aliphatic carbocycles. The van der Waals surface area contributed by atoms with E-state index in [0.717, 1.165) is 37.7 Å². The molecule has 1 saturated heterocycles. The third-order valence-corrected chi connectivity index (χ3v) is 12.6. The number of ether oxygens (including phenoxy) is 1. The van der Waals surface area contributed by atoms with E-state index in [0.29, 0.717) is 32.1 Å². The van der Waals surface area contributed by atoms with Crippen LogP contribution in [0.3, 0.4) is 0 Å². The highest BCUT2D eigenvalue weighted by Gasteiger charge is 2.62. The number of cyclic esters (lactones) is 1. The summed E-state index contributed by atoms with van der Waals surface area (Å²) in [5.41, 5.74) is 0.133. The summed E-state index contributed by atoms with van der Waals surface area (Å²) in [5, 5.41) is 7.99. The third-order valence-electron chi connectivity index (χ3n) is 10.7. The lowest BCUT2D eigenvalue weighted by Gasteiger charge is -2.35. The normalized spacial score (nSPS) is 28.6. The zero-order valence-electron chi connectivity index (χ0n) is 30.4. The molecule has 3 fully saturated rings. The fourth-order valence-corrected chi connectivity index (χ4v) is 8.77. The van der Waals surface area contributed by atoms with Gasteiger partial charge in [-0.15, -0.1) is 0 Å². The van der Waals surface area contributed by atoms with E-state index in [1.807, 2.05) is 25.1 Å². The van der Waals surface area contributed by atoms with Crippen molar-refractivity contribution in [3.8, 4) is 0 Å². The summed E-state index contributed by atoms with van der Waals surface area (Å²) in [6.45, 7) is 7.48. The summed E-state index contributed by atoms with van der Waals surface area (Å²) in [6, 6.07) is 5.40. The fraction of sp³-hybridized carbons (Fsp3) is 0.703. The number of nitrogens with zero attached hydrogens (tertiary/aromatic N) is 1. The van der Waals surface area contributed by atoms with Gasteiger partial charge in [-0.1, -0.05) is 77.6 Å². The summed E-state index contributed by atoms with van der Waals surface area (Å²) in [5.74, 6) is -2.40. The lowest BCUT2D eigenvalue weighted by Crippen LogP contribution is -2.60. The first kappa shape index (κ1) is 38.5. The van der Waals surface area contributed by atoms with Gasteiger partial charge in [-0.05, 0) is 73.8 Å². The predicted molar refractivity (Wildman–Crippen MR) is 191 cm³/mol. The van der Waals surface area contributed by atoms with Gasteiger partial charge in [0.05, 0.1) is 11.9 Å². The van der Waals surface area contributed by atoms with Crippen LogP contribution in [0, 0.1) is 11.3 Å². The molecule has 5 atom stereocenters. The Labute approximate surface area is 301 Å². The van der Waals surface area contributed by atoms with E-state index in [2.05, 4.69) is 26.7 Å². The van der Waals surface area contributed by atoms with Crippen LogP contribution in [0.1, 0.15) is 109 Å². The lowest BCUT2D eigenvalue weighted by atomic mass is 9.85. The summed E-state index contributed by atoms with van der Waals surface area (Å²) in [6.07, 6.45) is 7.44. The van der Waals surface area contributed by atoms with Crippen molar-refractivity contribution >= 4 is 39.7 Å². The molecule has 5 rings (SSSR count). The van der Waals surface area contributed by atoms with Gasteiger partial charge in [0.15, 0.2) is 0 Å². The zero-order chi connectivity index (χ0) is 37.0. The smallest absolute Gasteiger partial charge is 0.407 e. The van der Waals surface area contributed by atoms with Crippen molar-refractivity contribution in [2.75, 3.05) is 13.2 Å². The molecule has 282 valence electrons. The number of hydrogen-bond acceptors (Lipinski definition) is 8. The molecule has 14 heteroatoms. The van der Waals surface area contributed by atoms with Crippen LogP contribution in [0.15, 0.2) is 24.3 Å². The fourth-order valence-electron chi connectivity index (χ4n) is 7.41. The average molecular weight is 730 g/mol. The molecular formula is C37H55N5O8S. The molecule has 0 spiro atoms.